The summed E-state index contributed by atoms with van der Waals surface area (Å²) in [6.45, 7) is -1.36. The molecule has 0 spiro atoms. The van der Waals surface area contributed by atoms with Gasteiger partial charge in [-0.1, -0.05) is 124 Å². The van der Waals surface area contributed by atoms with E-state index in [9.17, 15) is 19.2 Å². The van der Waals surface area contributed by atoms with Crippen molar-refractivity contribution in [3.8, 4) is 0 Å². The Balaban J connectivity index is 1.78. The van der Waals surface area contributed by atoms with Crippen molar-refractivity contribution in [3.63, 3.8) is 0 Å². The summed E-state index contributed by atoms with van der Waals surface area (Å²) < 4.78 is 29.3. The molecule has 1 heterocycles. The van der Waals surface area contributed by atoms with Crippen LogP contribution < -0.4 is 5.32 Å². The summed E-state index contributed by atoms with van der Waals surface area (Å²) >= 11 is 34.8. The number of rotatable bonds is 10. The van der Waals surface area contributed by atoms with Gasteiger partial charge >= 0.3 is 24.0 Å². The lowest BCUT2D eigenvalue weighted by molar-refractivity contribution is -0.247. The number of amides is 1. The second kappa shape index (κ2) is 17.6. The second-order valence-corrected chi connectivity index (χ2v) is 15.1. The molecule has 0 radical (unpaired) electrons. The first kappa shape index (κ1) is 39.3. The van der Waals surface area contributed by atoms with Crippen LogP contribution in [0.25, 0.3) is 0 Å². The van der Waals surface area contributed by atoms with E-state index in [-0.39, 0.29) is 16.7 Å². The monoisotopic (exact) mass is 808 g/mol. The molecule has 0 unspecified atom stereocenters. The molecule has 5 atom stereocenters. The van der Waals surface area contributed by atoms with Crippen LogP contribution in [-0.2, 0) is 28.4 Å². The van der Waals surface area contributed by atoms with Crippen molar-refractivity contribution in [1.29, 1.82) is 5.41 Å². The summed E-state index contributed by atoms with van der Waals surface area (Å²) in [5.41, 5.74) is 0.321. The van der Waals surface area contributed by atoms with Crippen molar-refractivity contribution in [2.24, 2.45) is 0 Å². The Labute approximate surface area is 315 Å². The third-order valence-electron chi connectivity index (χ3n) is 6.68. The van der Waals surface area contributed by atoms with Crippen LogP contribution in [-0.4, -0.2) is 81.3 Å². The normalized spacial score (nSPS) is 20.5. The maximum Gasteiger partial charge on any atom is 0.407 e. The summed E-state index contributed by atoms with van der Waals surface area (Å²) in [5, 5.41) is 10.6. The number of carbonyl (C=O) groups excluding carboxylic acids is 4. The van der Waals surface area contributed by atoms with Gasteiger partial charge in [0.1, 0.15) is 25.4 Å². The average Bonchev–Trinajstić information content (AvgIpc) is 3.09. The van der Waals surface area contributed by atoms with Crippen molar-refractivity contribution >= 4 is 99.5 Å². The molecule has 1 aliphatic heterocycles. The molecular formula is C32H26Cl6N2O10. The van der Waals surface area contributed by atoms with E-state index in [0.29, 0.717) is 0 Å². The van der Waals surface area contributed by atoms with E-state index in [1.807, 2.05) is 0 Å². The highest BCUT2D eigenvalue weighted by Crippen LogP contribution is 2.34. The van der Waals surface area contributed by atoms with E-state index < -0.39 is 81.3 Å². The van der Waals surface area contributed by atoms with Crippen LogP contribution in [0.1, 0.15) is 31.1 Å². The number of hydrogen-bond donors (Lipinski definition) is 2. The Kier molecular flexibility index (Phi) is 13.9. The topological polar surface area (TPSA) is 160 Å². The number of halogens is 6. The number of esters is 3. The molecule has 12 nitrogen and oxygen atoms in total. The Morgan fingerprint density at radius 3 is 1.58 bits per heavy atom. The number of carbonyl (C=O) groups is 4. The first-order chi connectivity index (χ1) is 23.6. The van der Waals surface area contributed by atoms with Crippen LogP contribution in [0.2, 0.25) is 0 Å². The highest BCUT2D eigenvalue weighted by atomic mass is 35.6. The van der Waals surface area contributed by atoms with Crippen molar-refractivity contribution in [2.45, 2.75) is 38.2 Å². The average molecular weight is 811 g/mol. The fourth-order valence-electron chi connectivity index (χ4n) is 4.43. The van der Waals surface area contributed by atoms with Gasteiger partial charge in [-0.3, -0.25) is 5.41 Å². The summed E-state index contributed by atoms with van der Waals surface area (Å²) in [5.74, 6) is -3.63. The van der Waals surface area contributed by atoms with Crippen molar-refractivity contribution in [2.75, 3.05) is 13.2 Å². The van der Waals surface area contributed by atoms with E-state index in [0.717, 1.165) is 0 Å². The minimum Gasteiger partial charge on any atom is -0.459 e. The lowest BCUT2D eigenvalue weighted by atomic mass is 9.96. The van der Waals surface area contributed by atoms with E-state index in [4.69, 9.17) is 103 Å². The Morgan fingerprint density at radius 2 is 1.12 bits per heavy atom. The van der Waals surface area contributed by atoms with Crippen molar-refractivity contribution in [1.82, 2.24) is 5.32 Å². The lowest BCUT2D eigenvalue weighted by Gasteiger charge is -2.45. The Hall–Kier alpha value is -3.49. The molecule has 3 aromatic carbocycles. The Morgan fingerprint density at radius 1 is 0.660 bits per heavy atom. The van der Waals surface area contributed by atoms with Crippen LogP contribution in [0, 0.1) is 5.41 Å². The van der Waals surface area contributed by atoms with E-state index in [2.05, 4.69) is 5.32 Å². The zero-order valence-electron chi connectivity index (χ0n) is 25.3. The highest BCUT2D eigenvalue weighted by molar-refractivity contribution is 6.76. The molecule has 4 rings (SSSR count). The summed E-state index contributed by atoms with van der Waals surface area (Å²) in [6, 6.07) is 21.6. The molecule has 0 aromatic heterocycles. The molecule has 266 valence electrons. The molecule has 1 aliphatic rings. The molecule has 1 fully saturated rings. The van der Waals surface area contributed by atoms with Gasteiger partial charge in [-0.25, -0.2) is 19.2 Å². The third kappa shape index (κ3) is 11.5. The highest BCUT2D eigenvalue weighted by Gasteiger charge is 2.54. The van der Waals surface area contributed by atoms with Gasteiger partial charge < -0.3 is 33.7 Å². The van der Waals surface area contributed by atoms with Crippen LogP contribution in [0.3, 0.4) is 0 Å². The molecule has 50 heavy (non-hydrogen) atoms. The molecule has 3 aromatic rings. The predicted molar refractivity (Wildman–Crippen MR) is 184 cm³/mol. The molecular weight excluding hydrogens is 785 g/mol. The zero-order valence-corrected chi connectivity index (χ0v) is 29.8. The minimum atomic E-state index is -2.44. The van der Waals surface area contributed by atoms with Gasteiger partial charge in [-0.15, -0.1) is 0 Å². The summed E-state index contributed by atoms with van der Waals surface area (Å²) in [6.07, 6.45) is -7.95. The summed E-state index contributed by atoms with van der Waals surface area (Å²) in [4.78, 5) is 52.9. The molecule has 0 aliphatic carbocycles. The van der Waals surface area contributed by atoms with E-state index in [1.165, 1.54) is 36.4 Å². The smallest absolute Gasteiger partial charge is 0.407 e. The summed E-state index contributed by atoms with van der Waals surface area (Å²) in [7, 11) is 0. The van der Waals surface area contributed by atoms with E-state index in [1.54, 1.807) is 54.6 Å². The number of hydrogen-bond acceptors (Lipinski definition) is 11. The Bertz CT molecular complexity index is 1640. The molecule has 0 bridgehead atoms. The van der Waals surface area contributed by atoms with Crippen molar-refractivity contribution < 1.29 is 47.6 Å². The fourth-order valence-corrected chi connectivity index (χ4v) is 4.73. The molecule has 1 amide bonds. The number of nitrogens with one attached hydrogen (secondary N) is 2. The van der Waals surface area contributed by atoms with Gasteiger partial charge in [0, 0.05) is 0 Å². The van der Waals surface area contributed by atoms with Gasteiger partial charge in [-0.2, -0.15) is 0 Å². The van der Waals surface area contributed by atoms with Crippen LogP contribution >= 0.6 is 69.6 Å². The molecule has 2 N–H and O–H groups in total. The zero-order chi connectivity index (χ0) is 36.5. The SMILES string of the molecule is N=C(O[C@H]1O[C@H](COC(=O)c2ccccc2)[C@@H](OC(=O)c2ccccc2)[C@H](OC(=O)c2ccccc2)[C@H]1NC(=O)OCC(Cl)(Cl)Cl)C(Cl)(Cl)Cl. The van der Waals surface area contributed by atoms with Gasteiger partial charge in [-0.05, 0) is 36.4 Å². The fraction of sp³-hybridized carbons (Fsp3) is 0.281. The van der Waals surface area contributed by atoms with Gasteiger partial charge in [0.25, 0.3) is 3.79 Å². The first-order valence-electron chi connectivity index (χ1n) is 14.3. The van der Waals surface area contributed by atoms with E-state index >= 15 is 0 Å². The van der Waals surface area contributed by atoms with Crippen LogP contribution in [0.4, 0.5) is 4.79 Å². The predicted octanol–water partition coefficient (Wildman–Crippen LogP) is 6.85. The van der Waals surface area contributed by atoms with Crippen LogP contribution in [0.5, 0.6) is 0 Å². The number of ether oxygens (including phenoxy) is 6. The van der Waals surface area contributed by atoms with Gasteiger partial charge in [0.05, 0.1) is 16.7 Å². The first-order valence-corrected chi connectivity index (χ1v) is 16.6. The van der Waals surface area contributed by atoms with Crippen LogP contribution in [0.15, 0.2) is 91.0 Å². The third-order valence-corrected chi connectivity index (χ3v) is 7.52. The number of alkyl carbamates (subject to hydrolysis) is 1. The molecule has 1 saturated heterocycles. The quantitative estimate of drug-likeness (QED) is 0.0730. The van der Waals surface area contributed by atoms with Crippen molar-refractivity contribution in [3.05, 3.63) is 108 Å². The largest absolute Gasteiger partial charge is 0.459 e. The number of benzene rings is 3. The van der Waals surface area contributed by atoms with Gasteiger partial charge in [0.15, 0.2) is 12.2 Å². The second-order valence-electron chi connectivity index (χ2n) is 10.3. The van der Waals surface area contributed by atoms with Gasteiger partial charge in [0.2, 0.25) is 16.0 Å². The molecule has 18 heteroatoms. The number of alkyl halides is 6. The maximum atomic E-state index is 13.5. The maximum absolute atomic E-state index is 13.5. The lowest BCUT2D eigenvalue weighted by Crippen LogP contribution is -2.67. The minimum absolute atomic E-state index is 0.0585. The molecule has 0 saturated carbocycles. The standard InChI is InChI=1S/C32H26Cl6N2O10/c33-31(34,35)17-46-30(44)40-22-24(49-27(43)20-14-8-3-9-15-20)23(48-26(42)19-12-6-2-7-13-19)21(47-28(22)50-29(39)32(36,37)38)16-45-25(41)18-10-4-1-5-11-18/h1-15,21-24,28,39H,16-17H2,(H,40,44)/t21-,22-,23-,24-,28-/m1/s1.